The molecule has 1 N–H and O–H groups in total. The summed E-state index contributed by atoms with van der Waals surface area (Å²) in [7, 11) is 0. The van der Waals surface area contributed by atoms with Gasteiger partial charge in [0.15, 0.2) is 0 Å². The number of aliphatic hydroxyl groups excluding tert-OH is 1. The number of aryl methyl sites for hydroxylation is 2. The summed E-state index contributed by atoms with van der Waals surface area (Å²) in [5.74, 6) is 1.92. The summed E-state index contributed by atoms with van der Waals surface area (Å²) in [6.07, 6.45) is 6.87. The van der Waals surface area contributed by atoms with E-state index in [-0.39, 0.29) is 6.10 Å². The van der Waals surface area contributed by atoms with Crippen LogP contribution in [-0.4, -0.2) is 17.8 Å². The van der Waals surface area contributed by atoms with E-state index in [9.17, 15) is 5.11 Å². The van der Waals surface area contributed by atoms with Crippen molar-refractivity contribution >= 4 is 0 Å². The zero-order chi connectivity index (χ0) is 13.2. The molecule has 0 radical (unpaired) electrons. The van der Waals surface area contributed by atoms with Crippen LogP contribution in [0.5, 0.6) is 5.75 Å². The Hall–Kier alpha value is -1.02. The van der Waals surface area contributed by atoms with Gasteiger partial charge in [-0.1, -0.05) is 13.0 Å². The molecule has 0 amide bonds. The Bertz CT molecular complexity index is 441. The van der Waals surface area contributed by atoms with E-state index < -0.39 is 0 Å². The minimum Gasteiger partial charge on any atom is -0.493 e. The Morgan fingerprint density at radius 2 is 1.95 bits per heavy atom. The lowest BCUT2D eigenvalue weighted by atomic mass is 9.92. The molecule has 1 aromatic carbocycles. The van der Waals surface area contributed by atoms with Gasteiger partial charge in [-0.3, -0.25) is 0 Å². The van der Waals surface area contributed by atoms with Crippen LogP contribution in [0.4, 0.5) is 0 Å². The molecule has 2 nitrogen and oxygen atoms in total. The molecule has 1 fully saturated rings. The minimum atomic E-state index is -0.173. The maximum absolute atomic E-state index is 9.95. The molecule has 1 saturated carbocycles. The maximum Gasteiger partial charge on any atom is 0.119 e. The molecule has 0 bridgehead atoms. The smallest absolute Gasteiger partial charge is 0.119 e. The summed E-state index contributed by atoms with van der Waals surface area (Å²) in [4.78, 5) is 0. The predicted octanol–water partition coefficient (Wildman–Crippen LogP) is 3.35. The molecule has 0 aliphatic heterocycles. The van der Waals surface area contributed by atoms with Crippen LogP contribution >= 0.6 is 0 Å². The Balaban J connectivity index is 1.61. The third-order valence-corrected chi connectivity index (χ3v) is 4.68. The van der Waals surface area contributed by atoms with E-state index in [1.807, 2.05) is 0 Å². The number of benzene rings is 1. The first-order valence-electron chi connectivity index (χ1n) is 7.65. The number of rotatable bonds is 3. The van der Waals surface area contributed by atoms with Crippen LogP contribution in [0, 0.1) is 11.8 Å². The van der Waals surface area contributed by atoms with Gasteiger partial charge in [0.05, 0.1) is 12.7 Å². The molecule has 0 heterocycles. The SMILES string of the molecule is C[C@H]1C[C@@H](COc2ccc3c(c2)CCCC3)[C@H](O)C1. The highest BCUT2D eigenvalue weighted by Gasteiger charge is 2.30. The topological polar surface area (TPSA) is 29.5 Å². The first-order valence-corrected chi connectivity index (χ1v) is 7.65. The fraction of sp³-hybridized carbons (Fsp3) is 0.647. The van der Waals surface area contributed by atoms with Gasteiger partial charge in [0.2, 0.25) is 0 Å². The Labute approximate surface area is 115 Å². The molecule has 104 valence electrons. The number of hydrogen-bond acceptors (Lipinski definition) is 2. The highest BCUT2D eigenvalue weighted by atomic mass is 16.5. The summed E-state index contributed by atoms with van der Waals surface area (Å²) in [6.45, 7) is 2.87. The normalized spacial score (nSPS) is 30.1. The van der Waals surface area contributed by atoms with Gasteiger partial charge in [0, 0.05) is 5.92 Å². The molecule has 3 atom stereocenters. The predicted molar refractivity (Wildman–Crippen MR) is 76.5 cm³/mol. The highest BCUT2D eigenvalue weighted by Crippen LogP contribution is 2.32. The van der Waals surface area contributed by atoms with Crippen molar-refractivity contribution in [1.82, 2.24) is 0 Å². The second-order valence-corrected chi connectivity index (χ2v) is 6.35. The van der Waals surface area contributed by atoms with E-state index >= 15 is 0 Å². The van der Waals surface area contributed by atoms with E-state index in [1.165, 1.54) is 36.8 Å². The fourth-order valence-corrected chi connectivity index (χ4v) is 3.56. The molecule has 19 heavy (non-hydrogen) atoms. The molecular formula is C17H24O2. The molecule has 2 heteroatoms. The van der Waals surface area contributed by atoms with E-state index in [2.05, 4.69) is 25.1 Å². The lowest BCUT2D eigenvalue weighted by molar-refractivity contribution is 0.0982. The lowest BCUT2D eigenvalue weighted by Gasteiger charge is -2.19. The summed E-state index contributed by atoms with van der Waals surface area (Å²) in [5.41, 5.74) is 2.96. The van der Waals surface area contributed by atoms with Crippen molar-refractivity contribution in [3.05, 3.63) is 29.3 Å². The monoisotopic (exact) mass is 260 g/mol. The first-order chi connectivity index (χ1) is 9.22. The van der Waals surface area contributed by atoms with E-state index in [0.29, 0.717) is 18.4 Å². The van der Waals surface area contributed by atoms with Crippen molar-refractivity contribution in [2.45, 2.75) is 51.6 Å². The third-order valence-electron chi connectivity index (χ3n) is 4.68. The Kier molecular flexibility index (Phi) is 3.79. The van der Waals surface area contributed by atoms with Crippen molar-refractivity contribution in [3.8, 4) is 5.75 Å². The summed E-state index contributed by atoms with van der Waals surface area (Å²) < 4.78 is 5.91. The summed E-state index contributed by atoms with van der Waals surface area (Å²) >= 11 is 0. The zero-order valence-corrected chi connectivity index (χ0v) is 11.8. The second-order valence-electron chi connectivity index (χ2n) is 6.35. The lowest BCUT2D eigenvalue weighted by Crippen LogP contribution is -2.20. The van der Waals surface area contributed by atoms with Crippen molar-refractivity contribution in [1.29, 1.82) is 0 Å². The number of aliphatic hydroxyl groups is 1. The Morgan fingerprint density at radius 3 is 2.68 bits per heavy atom. The molecule has 0 aromatic heterocycles. The fourth-order valence-electron chi connectivity index (χ4n) is 3.56. The second kappa shape index (κ2) is 5.54. The molecule has 2 aliphatic carbocycles. The third kappa shape index (κ3) is 2.94. The number of hydrogen-bond donors (Lipinski definition) is 1. The first kappa shape index (κ1) is 13.0. The van der Waals surface area contributed by atoms with Gasteiger partial charge in [0.25, 0.3) is 0 Å². The van der Waals surface area contributed by atoms with Crippen molar-refractivity contribution < 1.29 is 9.84 Å². The number of ether oxygens (including phenoxy) is 1. The molecule has 3 rings (SSSR count). The highest BCUT2D eigenvalue weighted by molar-refractivity contribution is 5.37. The zero-order valence-electron chi connectivity index (χ0n) is 11.8. The van der Waals surface area contributed by atoms with Crippen molar-refractivity contribution in [2.75, 3.05) is 6.61 Å². The maximum atomic E-state index is 9.95. The van der Waals surface area contributed by atoms with Crippen LogP contribution in [0.15, 0.2) is 18.2 Å². The average Bonchev–Trinajstić information content (AvgIpc) is 2.74. The van der Waals surface area contributed by atoms with Gasteiger partial charge in [-0.2, -0.15) is 0 Å². The van der Waals surface area contributed by atoms with Crippen LogP contribution in [0.25, 0.3) is 0 Å². The summed E-state index contributed by atoms with van der Waals surface area (Å²) in [6, 6.07) is 6.52. The van der Waals surface area contributed by atoms with Crippen LogP contribution in [0.2, 0.25) is 0 Å². The van der Waals surface area contributed by atoms with Gasteiger partial charge >= 0.3 is 0 Å². The van der Waals surface area contributed by atoms with Gasteiger partial charge in [-0.05, 0) is 67.7 Å². The van der Waals surface area contributed by atoms with Gasteiger partial charge in [-0.15, -0.1) is 0 Å². The van der Waals surface area contributed by atoms with Crippen LogP contribution < -0.4 is 4.74 Å². The Morgan fingerprint density at radius 1 is 1.16 bits per heavy atom. The van der Waals surface area contributed by atoms with Gasteiger partial charge in [0.1, 0.15) is 5.75 Å². The standard InChI is InChI=1S/C17H24O2/c1-12-8-15(17(18)9-12)11-19-16-7-6-13-4-2-3-5-14(13)10-16/h6-7,10,12,15,17-18H,2-5,8-9,11H2,1H3/t12-,15-,17+/m0/s1. The molecule has 0 spiro atoms. The van der Waals surface area contributed by atoms with Crippen molar-refractivity contribution in [2.24, 2.45) is 11.8 Å². The van der Waals surface area contributed by atoms with Crippen LogP contribution in [0.1, 0.15) is 43.7 Å². The minimum absolute atomic E-state index is 0.173. The van der Waals surface area contributed by atoms with Crippen LogP contribution in [0.3, 0.4) is 0 Å². The van der Waals surface area contributed by atoms with E-state index in [4.69, 9.17) is 4.74 Å². The average molecular weight is 260 g/mol. The molecule has 1 aromatic rings. The largest absolute Gasteiger partial charge is 0.493 e. The molecule has 2 aliphatic rings. The van der Waals surface area contributed by atoms with Crippen LogP contribution in [-0.2, 0) is 12.8 Å². The van der Waals surface area contributed by atoms with Gasteiger partial charge in [-0.25, -0.2) is 0 Å². The van der Waals surface area contributed by atoms with Gasteiger partial charge < -0.3 is 9.84 Å². The number of fused-ring (bicyclic) bond motifs is 1. The van der Waals surface area contributed by atoms with E-state index in [1.54, 1.807) is 0 Å². The molecule has 0 saturated heterocycles. The molecular weight excluding hydrogens is 236 g/mol. The van der Waals surface area contributed by atoms with E-state index in [0.717, 1.165) is 18.6 Å². The summed E-state index contributed by atoms with van der Waals surface area (Å²) in [5, 5.41) is 9.95. The molecule has 0 unspecified atom stereocenters. The van der Waals surface area contributed by atoms with Crippen molar-refractivity contribution in [3.63, 3.8) is 0 Å². The quantitative estimate of drug-likeness (QED) is 0.903.